The van der Waals surface area contributed by atoms with E-state index in [9.17, 15) is 4.79 Å². The van der Waals surface area contributed by atoms with Crippen LogP contribution in [0.5, 0.6) is 0 Å². The summed E-state index contributed by atoms with van der Waals surface area (Å²) in [4.78, 5) is 17.3. The Bertz CT molecular complexity index is 1020. The van der Waals surface area contributed by atoms with Gasteiger partial charge in [0.2, 0.25) is 5.91 Å². The molecular formula is C28H30N2OS. The van der Waals surface area contributed by atoms with Crippen molar-refractivity contribution in [1.29, 1.82) is 0 Å². The maximum absolute atomic E-state index is 13.4. The molecule has 2 atom stereocenters. The predicted molar refractivity (Wildman–Crippen MR) is 132 cm³/mol. The fourth-order valence-electron chi connectivity index (χ4n) is 6.11. The first-order valence-corrected chi connectivity index (χ1v) is 12.5. The first-order valence-electron chi connectivity index (χ1n) is 11.5. The van der Waals surface area contributed by atoms with Gasteiger partial charge in [-0.1, -0.05) is 78.9 Å². The van der Waals surface area contributed by atoms with Crippen LogP contribution in [0.3, 0.4) is 0 Å². The van der Waals surface area contributed by atoms with Gasteiger partial charge in [-0.3, -0.25) is 9.69 Å². The number of piperidine rings is 1. The van der Waals surface area contributed by atoms with Crippen molar-refractivity contribution in [2.24, 2.45) is 11.1 Å². The number of fused-ring (bicyclic) bond motifs is 1. The van der Waals surface area contributed by atoms with E-state index in [-0.39, 0.29) is 11.3 Å². The zero-order valence-electron chi connectivity index (χ0n) is 18.3. The molecule has 164 valence electrons. The number of benzene rings is 3. The summed E-state index contributed by atoms with van der Waals surface area (Å²) >= 11 is 1.92. The Morgan fingerprint density at radius 2 is 1.50 bits per heavy atom. The molecule has 32 heavy (non-hydrogen) atoms. The Labute approximate surface area is 195 Å². The van der Waals surface area contributed by atoms with Crippen LogP contribution >= 0.6 is 11.8 Å². The molecule has 0 aromatic heterocycles. The first-order chi connectivity index (χ1) is 15.7. The van der Waals surface area contributed by atoms with Crippen LogP contribution in [0.4, 0.5) is 0 Å². The molecule has 0 bridgehead atoms. The number of rotatable bonds is 9. The molecule has 1 saturated carbocycles. The Morgan fingerprint density at radius 3 is 1.97 bits per heavy atom. The molecular weight excluding hydrogens is 412 g/mol. The van der Waals surface area contributed by atoms with Crippen LogP contribution < -0.4 is 5.73 Å². The Hall–Kier alpha value is -2.56. The van der Waals surface area contributed by atoms with Crippen molar-refractivity contribution in [2.75, 3.05) is 18.8 Å². The first kappa shape index (κ1) is 21.3. The predicted octanol–water partition coefficient (Wildman–Crippen LogP) is 5.10. The highest BCUT2D eigenvalue weighted by atomic mass is 32.2. The van der Waals surface area contributed by atoms with Gasteiger partial charge >= 0.3 is 0 Å². The van der Waals surface area contributed by atoms with Gasteiger partial charge in [0.05, 0.1) is 0 Å². The van der Waals surface area contributed by atoms with E-state index in [4.69, 9.17) is 5.73 Å². The molecule has 1 heterocycles. The average Bonchev–Trinajstić information content (AvgIpc) is 2.82. The zero-order chi connectivity index (χ0) is 22.0. The van der Waals surface area contributed by atoms with Crippen molar-refractivity contribution in [2.45, 2.75) is 35.6 Å². The lowest BCUT2D eigenvalue weighted by atomic mass is 9.41. The average molecular weight is 443 g/mol. The molecule has 2 N–H and O–H groups in total. The summed E-state index contributed by atoms with van der Waals surface area (Å²) in [6, 6.07) is 31.5. The summed E-state index contributed by atoms with van der Waals surface area (Å²) in [5.41, 5.74) is 7.46. The summed E-state index contributed by atoms with van der Waals surface area (Å²) in [5.74, 6) is 0.886. The normalized spacial score (nSPS) is 22.4. The second-order valence-corrected chi connectivity index (χ2v) is 10.2. The molecule has 2 fully saturated rings. The van der Waals surface area contributed by atoms with Gasteiger partial charge in [-0.05, 0) is 54.8 Å². The number of carbonyl (C=O) groups is 1. The number of hydrogen-bond donors (Lipinski definition) is 1. The van der Waals surface area contributed by atoms with Gasteiger partial charge in [-0.25, -0.2) is 0 Å². The van der Waals surface area contributed by atoms with Gasteiger partial charge in [-0.2, -0.15) is 0 Å². The third kappa shape index (κ3) is 3.28. The van der Waals surface area contributed by atoms with Crippen molar-refractivity contribution in [3.63, 3.8) is 0 Å². The van der Waals surface area contributed by atoms with Crippen LogP contribution in [-0.4, -0.2) is 35.7 Å². The van der Waals surface area contributed by atoms with E-state index in [1.165, 1.54) is 4.90 Å². The van der Waals surface area contributed by atoms with Crippen molar-refractivity contribution >= 4 is 17.7 Å². The number of carbonyl (C=O) groups excluding carboxylic acids is 1. The molecule has 3 nitrogen and oxygen atoms in total. The summed E-state index contributed by atoms with van der Waals surface area (Å²) in [6.45, 7) is 2.01. The van der Waals surface area contributed by atoms with E-state index in [0.29, 0.717) is 6.04 Å². The van der Waals surface area contributed by atoms with Gasteiger partial charge in [0.25, 0.3) is 0 Å². The highest BCUT2D eigenvalue weighted by molar-refractivity contribution is 7.99. The lowest BCUT2D eigenvalue weighted by molar-refractivity contribution is -0.190. The molecule has 3 aromatic carbocycles. The van der Waals surface area contributed by atoms with E-state index in [0.717, 1.165) is 49.2 Å². The molecule has 1 unspecified atom stereocenters. The molecule has 1 aliphatic carbocycles. The fourth-order valence-corrected chi connectivity index (χ4v) is 6.97. The molecule has 1 amide bonds. The summed E-state index contributed by atoms with van der Waals surface area (Å²) < 4.78 is 0. The maximum Gasteiger partial charge on any atom is 0.233 e. The number of amides is 1. The number of nitrogens with two attached hydrogens (primary N) is 1. The van der Waals surface area contributed by atoms with Crippen molar-refractivity contribution in [1.82, 2.24) is 4.90 Å². The molecule has 2 aliphatic rings. The maximum atomic E-state index is 13.4. The van der Waals surface area contributed by atoms with E-state index in [1.807, 2.05) is 48.2 Å². The minimum absolute atomic E-state index is 0.117. The lowest BCUT2D eigenvalue weighted by Crippen LogP contribution is -2.79. The third-order valence-corrected chi connectivity index (χ3v) is 8.66. The number of likely N-dealkylation sites (tertiary alicyclic amines) is 1. The van der Waals surface area contributed by atoms with E-state index in [1.54, 1.807) is 0 Å². The number of hydrogen-bond acceptors (Lipinski definition) is 3. The number of primary amides is 1. The summed E-state index contributed by atoms with van der Waals surface area (Å²) in [6.07, 6.45) is 3.33. The van der Waals surface area contributed by atoms with Crippen molar-refractivity contribution < 1.29 is 4.79 Å². The highest BCUT2D eigenvalue weighted by Gasteiger charge is 2.71. The van der Waals surface area contributed by atoms with Crippen molar-refractivity contribution in [3.8, 4) is 0 Å². The SMILES string of the molecule is NC(=O)C(c1ccccc1)(c1ccccc1)[C@@]12CCC1N(CCCSc1ccccc1)C2. The molecule has 5 rings (SSSR count). The second kappa shape index (κ2) is 8.76. The summed E-state index contributed by atoms with van der Waals surface area (Å²) in [7, 11) is 0. The minimum atomic E-state index is -0.784. The minimum Gasteiger partial charge on any atom is -0.369 e. The van der Waals surface area contributed by atoms with Gasteiger partial charge < -0.3 is 5.73 Å². The summed E-state index contributed by atoms with van der Waals surface area (Å²) in [5, 5.41) is 0. The fraction of sp³-hybridized carbons (Fsp3) is 0.321. The number of thioether (sulfide) groups is 1. The molecule has 3 aromatic rings. The van der Waals surface area contributed by atoms with Crippen LogP contribution in [-0.2, 0) is 10.2 Å². The number of nitrogens with zero attached hydrogens (tertiary/aromatic N) is 1. The van der Waals surface area contributed by atoms with Crippen LogP contribution in [0.15, 0.2) is 95.9 Å². The van der Waals surface area contributed by atoms with Gasteiger partial charge in [-0.15, -0.1) is 11.8 Å². The Balaban J connectivity index is 1.37. The topological polar surface area (TPSA) is 46.3 Å². The van der Waals surface area contributed by atoms with Crippen LogP contribution in [0.2, 0.25) is 0 Å². The van der Waals surface area contributed by atoms with Gasteiger partial charge in [0.1, 0.15) is 5.41 Å². The molecule has 0 radical (unpaired) electrons. The smallest absolute Gasteiger partial charge is 0.233 e. The monoisotopic (exact) mass is 442 g/mol. The van der Waals surface area contributed by atoms with Crippen LogP contribution in [0, 0.1) is 5.41 Å². The van der Waals surface area contributed by atoms with Gasteiger partial charge in [0, 0.05) is 22.9 Å². The second-order valence-electron chi connectivity index (χ2n) is 9.04. The standard InChI is InChI=1S/C28H30N2OS/c29-26(31)28(22-11-4-1-5-12-22,23-13-6-2-7-14-23)27-18-17-25(27)30(21-27)19-10-20-32-24-15-8-3-9-16-24/h1-9,11-16,25H,10,17-21H2,(H2,29,31)/t25?,27-/m1/s1. The Kier molecular flexibility index (Phi) is 5.83. The molecule has 0 spiro atoms. The molecule has 4 heteroatoms. The van der Waals surface area contributed by atoms with Crippen LogP contribution in [0.1, 0.15) is 30.4 Å². The van der Waals surface area contributed by atoms with E-state index in [2.05, 4.69) is 59.5 Å². The lowest BCUT2D eigenvalue weighted by Gasteiger charge is -2.71. The van der Waals surface area contributed by atoms with Crippen molar-refractivity contribution in [3.05, 3.63) is 102 Å². The zero-order valence-corrected chi connectivity index (χ0v) is 19.1. The van der Waals surface area contributed by atoms with Gasteiger partial charge in [0.15, 0.2) is 0 Å². The Morgan fingerprint density at radius 1 is 0.938 bits per heavy atom. The third-order valence-electron chi connectivity index (χ3n) is 7.56. The molecule has 1 saturated heterocycles. The van der Waals surface area contributed by atoms with E-state index >= 15 is 0 Å². The largest absolute Gasteiger partial charge is 0.369 e. The van der Waals surface area contributed by atoms with Crippen LogP contribution in [0.25, 0.3) is 0 Å². The quantitative estimate of drug-likeness (QED) is 0.370. The van der Waals surface area contributed by atoms with E-state index < -0.39 is 5.41 Å². The highest BCUT2D eigenvalue weighted by Crippen LogP contribution is 2.65. The molecule has 1 aliphatic heterocycles.